The van der Waals surface area contributed by atoms with Crippen molar-refractivity contribution in [1.82, 2.24) is 4.90 Å². The van der Waals surface area contributed by atoms with E-state index in [9.17, 15) is 10.2 Å². The van der Waals surface area contributed by atoms with Crippen molar-refractivity contribution in [2.45, 2.75) is 38.8 Å². The van der Waals surface area contributed by atoms with Crippen LogP contribution < -0.4 is 0 Å². The fourth-order valence-electron chi connectivity index (χ4n) is 1.03. The number of rotatable bonds is 5. The summed E-state index contributed by atoms with van der Waals surface area (Å²) in [7, 11) is 1.20. The molecule has 0 aliphatic heterocycles. The molecule has 3 nitrogen and oxygen atoms in total. The fraction of sp³-hybridized carbons (Fsp3) is 1.00. The van der Waals surface area contributed by atoms with E-state index in [1.165, 1.54) is 16.3 Å². The van der Waals surface area contributed by atoms with Gasteiger partial charge in [-0.15, -0.1) is 0 Å². The number of hydrogen-bond donors (Lipinski definition) is 2. The predicted octanol–water partition coefficient (Wildman–Crippen LogP) is -0.861. The molecule has 2 unspecified atom stereocenters. The van der Waals surface area contributed by atoms with Gasteiger partial charge in [0.1, 0.15) is 12.5 Å². The summed E-state index contributed by atoms with van der Waals surface area (Å²) in [5.41, 5.74) is 0. The minimum Gasteiger partial charge on any atom is -0.379 e. The van der Waals surface area contributed by atoms with E-state index in [2.05, 4.69) is 0 Å². The molecule has 0 spiro atoms. The molecule has 0 fully saturated rings. The summed E-state index contributed by atoms with van der Waals surface area (Å²) in [5, 5.41) is 18.4. The first-order valence-corrected chi connectivity index (χ1v) is 5.63. The maximum atomic E-state index is 9.19. The summed E-state index contributed by atoms with van der Waals surface area (Å²) in [5.74, 6) is 0. The average molecular weight is 177 g/mol. The molecule has 2 atom stereocenters. The standard InChI is InChI=1S/C7H19NO2Si/c1-6(9)8(7(2)10)4-3-5-11/h6-7,9-10H,3-5H2,1-2,11H3. The second-order valence-corrected chi connectivity index (χ2v) is 3.86. The minimum absolute atomic E-state index is 0.539. The molecule has 0 aromatic heterocycles. The molecule has 0 aliphatic carbocycles. The Morgan fingerprint density at radius 1 is 1.27 bits per heavy atom. The maximum Gasteiger partial charge on any atom is 0.106 e. The first kappa shape index (κ1) is 11.1. The van der Waals surface area contributed by atoms with Crippen LogP contribution in [0.25, 0.3) is 0 Å². The van der Waals surface area contributed by atoms with Gasteiger partial charge >= 0.3 is 0 Å². The smallest absolute Gasteiger partial charge is 0.106 e. The quantitative estimate of drug-likeness (QED) is 0.424. The van der Waals surface area contributed by atoms with Crippen LogP contribution in [-0.4, -0.2) is 44.4 Å². The molecular weight excluding hydrogens is 158 g/mol. The molecule has 0 heterocycles. The zero-order valence-corrected chi connectivity index (χ0v) is 9.62. The topological polar surface area (TPSA) is 43.7 Å². The van der Waals surface area contributed by atoms with E-state index in [4.69, 9.17) is 0 Å². The van der Waals surface area contributed by atoms with Gasteiger partial charge in [0.15, 0.2) is 0 Å². The number of aliphatic hydroxyl groups excluding tert-OH is 2. The normalized spacial score (nSPS) is 17.2. The molecule has 4 heteroatoms. The first-order chi connectivity index (χ1) is 5.09. The van der Waals surface area contributed by atoms with Gasteiger partial charge in [-0.3, -0.25) is 4.90 Å². The highest BCUT2D eigenvalue weighted by Crippen LogP contribution is 2.02. The molecule has 0 aromatic carbocycles. The van der Waals surface area contributed by atoms with Gasteiger partial charge in [0.2, 0.25) is 0 Å². The monoisotopic (exact) mass is 177 g/mol. The Morgan fingerprint density at radius 3 is 2.00 bits per heavy atom. The molecule has 2 N–H and O–H groups in total. The van der Waals surface area contributed by atoms with Gasteiger partial charge in [-0.25, -0.2) is 0 Å². The highest BCUT2D eigenvalue weighted by molar-refractivity contribution is 6.08. The van der Waals surface area contributed by atoms with Crippen molar-refractivity contribution >= 4 is 10.2 Å². The van der Waals surface area contributed by atoms with Crippen molar-refractivity contribution in [3.8, 4) is 0 Å². The van der Waals surface area contributed by atoms with E-state index in [0.717, 1.165) is 13.0 Å². The second kappa shape index (κ2) is 5.71. The molecule has 0 radical (unpaired) electrons. The van der Waals surface area contributed by atoms with Gasteiger partial charge in [-0.05, 0) is 20.3 Å². The van der Waals surface area contributed by atoms with Crippen LogP contribution in [0.1, 0.15) is 20.3 Å². The Hall–Kier alpha value is 0.0969. The minimum atomic E-state index is -0.539. The molecule has 0 saturated heterocycles. The van der Waals surface area contributed by atoms with Crippen LogP contribution in [-0.2, 0) is 0 Å². The summed E-state index contributed by atoms with van der Waals surface area (Å²) < 4.78 is 0. The van der Waals surface area contributed by atoms with E-state index in [-0.39, 0.29) is 0 Å². The van der Waals surface area contributed by atoms with Crippen LogP contribution in [0.3, 0.4) is 0 Å². The molecule has 0 bridgehead atoms. The Bertz CT molecular complexity index is 90.4. The van der Waals surface area contributed by atoms with Crippen molar-refractivity contribution < 1.29 is 10.2 Å². The van der Waals surface area contributed by atoms with Crippen LogP contribution in [0.5, 0.6) is 0 Å². The largest absolute Gasteiger partial charge is 0.379 e. The van der Waals surface area contributed by atoms with E-state index in [1.54, 1.807) is 18.7 Å². The first-order valence-electron chi connectivity index (χ1n) is 4.21. The van der Waals surface area contributed by atoms with Crippen LogP contribution in [0.2, 0.25) is 6.04 Å². The summed E-state index contributed by atoms with van der Waals surface area (Å²) in [4.78, 5) is 1.68. The number of hydrogen-bond acceptors (Lipinski definition) is 3. The zero-order chi connectivity index (χ0) is 8.85. The van der Waals surface area contributed by atoms with Crippen molar-refractivity contribution in [1.29, 1.82) is 0 Å². The van der Waals surface area contributed by atoms with Crippen LogP contribution >= 0.6 is 0 Å². The molecule has 0 amide bonds. The zero-order valence-electron chi connectivity index (χ0n) is 7.62. The molecule has 0 aromatic rings. The summed E-state index contributed by atoms with van der Waals surface area (Å²) in [6.45, 7) is 4.15. The van der Waals surface area contributed by atoms with Crippen LogP contribution in [0.15, 0.2) is 0 Å². The summed E-state index contributed by atoms with van der Waals surface area (Å²) in [6, 6.07) is 1.22. The fourth-order valence-corrected chi connectivity index (χ4v) is 1.34. The van der Waals surface area contributed by atoms with E-state index < -0.39 is 12.5 Å². The lowest BCUT2D eigenvalue weighted by Gasteiger charge is -2.27. The van der Waals surface area contributed by atoms with E-state index >= 15 is 0 Å². The lowest BCUT2D eigenvalue weighted by atomic mass is 10.3. The van der Waals surface area contributed by atoms with Crippen LogP contribution in [0, 0.1) is 0 Å². The van der Waals surface area contributed by atoms with Gasteiger partial charge in [0, 0.05) is 16.8 Å². The van der Waals surface area contributed by atoms with Crippen molar-refractivity contribution in [2.75, 3.05) is 6.54 Å². The molecule has 11 heavy (non-hydrogen) atoms. The third kappa shape index (κ3) is 4.52. The van der Waals surface area contributed by atoms with Gasteiger partial charge in [0.05, 0.1) is 0 Å². The Labute approximate surface area is 71.4 Å². The molecular formula is C7H19NO2Si. The van der Waals surface area contributed by atoms with Crippen molar-refractivity contribution in [2.24, 2.45) is 0 Å². The van der Waals surface area contributed by atoms with Crippen molar-refractivity contribution in [3.05, 3.63) is 0 Å². The molecule has 0 aliphatic rings. The van der Waals surface area contributed by atoms with E-state index in [0.29, 0.717) is 0 Å². The third-order valence-electron chi connectivity index (χ3n) is 1.73. The molecule has 0 saturated carbocycles. The number of nitrogens with zero attached hydrogens (tertiary/aromatic N) is 1. The Kier molecular flexibility index (Phi) is 5.76. The lowest BCUT2D eigenvalue weighted by Crippen LogP contribution is -2.40. The van der Waals surface area contributed by atoms with Gasteiger partial charge in [0.25, 0.3) is 0 Å². The second-order valence-electron chi connectivity index (χ2n) is 2.86. The maximum absolute atomic E-state index is 9.19. The summed E-state index contributed by atoms with van der Waals surface area (Å²) in [6.07, 6.45) is -0.00593. The summed E-state index contributed by atoms with van der Waals surface area (Å²) >= 11 is 0. The third-order valence-corrected chi connectivity index (χ3v) is 2.44. The van der Waals surface area contributed by atoms with Gasteiger partial charge < -0.3 is 10.2 Å². The molecule has 68 valence electrons. The predicted molar refractivity (Wildman–Crippen MR) is 49.4 cm³/mol. The van der Waals surface area contributed by atoms with Gasteiger partial charge in [-0.2, -0.15) is 0 Å². The highest BCUT2D eigenvalue weighted by atomic mass is 28.1. The Balaban J connectivity index is 3.70. The average Bonchev–Trinajstić information content (AvgIpc) is 1.87. The van der Waals surface area contributed by atoms with Crippen molar-refractivity contribution in [3.63, 3.8) is 0 Å². The lowest BCUT2D eigenvalue weighted by molar-refractivity contribution is -0.0836. The number of aliphatic hydroxyl groups is 2. The van der Waals surface area contributed by atoms with E-state index in [1.807, 2.05) is 0 Å². The van der Waals surface area contributed by atoms with Crippen LogP contribution in [0.4, 0.5) is 0 Å². The van der Waals surface area contributed by atoms with Gasteiger partial charge in [-0.1, -0.05) is 6.04 Å². The molecule has 0 rings (SSSR count). The highest BCUT2D eigenvalue weighted by Gasteiger charge is 2.14. The SMILES string of the molecule is CC(O)N(CCC[SiH3])C(C)O. The Morgan fingerprint density at radius 2 is 1.73 bits per heavy atom.